The zero-order chi connectivity index (χ0) is 18.7. The lowest BCUT2D eigenvalue weighted by molar-refractivity contribution is -0.117. The van der Waals surface area contributed by atoms with Crippen molar-refractivity contribution in [3.63, 3.8) is 0 Å². The Labute approximate surface area is 154 Å². The maximum absolute atomic E-state index is 12.8. The molecule has 1 aliphatic heterocycles. The molecule has 0 bridgehead atoms. The van der Waals surface area contributed by atoms with Crippen LogP contribution in [0.3, 0.4) is 0 Å². The van der Waals surface area contributed by atoms with Crippen LogP contribution in [0.4, 0.5) is 11.4 Å². The van der Waals surface area contributed by atoms with Crippen molar-refractivity contribution in [1.82, 2.24) is 4.90 Å². The molecule has 5 heteroatoms. The normalized spacial score (nSPS) is 13.8. The first-order valence-electron chi connectivity index (χ1n) is 8.88. The fourth-order valence-electron chi connectivity index (χ4n) is 3.19. The number of hydrogen-bond acceptors (Lipinski definition) is 3. The predicted molar refractivity (Wildman–Crippen MR) is 105 cm³/mol. The van der Waals surface area contributed by atoms with E-state index in [0.717, 1.165) is 29.9 Å². The zero-order valence-electron chi connectivity index (χ0n) is 15.6. The molecule has 0 aromatic heterocycles. The van der Waals surface area contributed by atoms with Crippen molar-refractivity contribution in [1.29, 1.82) is 0 Å². The number of amides is 2. The topological polar surface area (TPSA) is 43.9 Å². The van der Waals surface area contributed by atoms with Crippen molar-refractivity contribution in [3.05, 3.63) is 59.7 Å². The molecule has 2 aromatic carbocycles. The van der Waals surface area contributed by atoms with Crippen LogP contribution in [0.15, 0.2) is 48.5 Å². The monoisotopic (exact) mass is 351 g/mol. The van der Waals surface area contributed by atoms with Gasteiger partial charge in [0, 0.05) is 57.6 Å². The molecule has 1 aliphatic rings. The van der Waals surface area contributed by atoms with E-state index in [0.29, 0.717) is 18.5 Å². The van der Waals surface area contributed by atoms with E-state index in [1.165, 1.54) is 0 Å². The summed E-state index contributed by atoms with van der Waals surface area (Å²) < 4.78 is 0. The van der Waals surface area contributed by atoms with Crippen molar-refractivity contribution >= 4 is 23.2 Å². The molecule has 0 saturated carbocycles. The summed E-state index contributed by atoms with van der Waals surface area (Å²) >= 11 is 0. The van der Waals surface area contributed by atoms with E-state index < -0.39 is 0 Å². The van der Waals surface area contributed by atoms with E-state index in [4.69, 9.17) is 0 Å². The van der Waals surface area contributed by atoms with E-state index >= 15 is 0 Å². The van der Waals surface area contributed by atoms with Gasteiger partial charge >= 0.3 is 0 Å². The molecule has 3 rings (SSSR count). The van der Waals surface area contributed by atoms with Gasteiger partial charge in [-0.3, -0.25) is 9.59 Å². The third-order valence-electron chi connectivity index (χ3n) is 4.70. The smallest absolute Gasteiger partial charge is 0.253 e. The van der Waals surface area contributed by atoms with Crippen LogP contribution in [0.5, 0.6) is 0 Å². The lowest BCUT2D eigenvalue weighted by Crippen LogP contribution is -2.27. The molecule has 1 fully saturated rings. The van der Waals surface area contributed by atoms with Crippen LogP contribution in [-0.4, -0.2) is 44.4 Å². The summed E-state index contributed by atoms with van der Waals surface area (Å²) in [5, 5.41) is 0. The largest absolute Gasteiger partial charge is 0.378 e. The summed E-state index contributed by atoms with van der Waals surface area (Å²) in [6.07, 6.45) is 1.46. The number of rotatable bonds is 5. The molecule has 1 saturated heterocycles. The highest BCUT2D eigenvalue weighted by Crippen LogP contribution is 2.23. The lowest BCUT2D eigenvalue weighted by Gasteiger charge is -2.20. The minimum atomic E-state index is -0.0461. The molecule has 136 valence electrons. The van der Waals surface area contributed by atoms with E-state index in [1.807, 2.05) is 61.5 Å². The Hall–Kier alpha value is -2.82. The summed E-state index contributed by atoms with van der Waals surface area (Å²) in [6.45, 7) is 1.27. The lowest BCUT2D eigenvalue weighted by atomic mass is 10.1. The minimum Gasteiger partial charge on any atom is -0.378 e. The number of nitrogens with zero attached hydrogens (tertiary/aromatic N) is 3. The van der Waals surface area contributed by atoms with E-state index in [2.05, 4.69) is 0 Å². The summed E-state index contributed by atoms with van der Waals surface area (Å²) in [4.78, 5) is 30.2. The van der Waals surface area contributed by atoms with Crippen LogP contribution < -0.4 is 9.80 Å². The first-order valence-corrected chi connectivity index (χ1v) is 8.88. The van der Waals surface area contributed by atoms with Crippen LogP contribution in [0, 0.1) is 0 Å². The molecule has 2 amide bonds. The Morgan fingerprint density at radius 2 is 1.81 bits per heavy atom. The van der Waals surface area contributed by atoms with Crippen molar-refractivity contribution in [2.75, 3.05) is 37.5 Å². The van der Waals surface area contributed by atoms with Crippen LogP contribution in [0.25, 0.3) is 0 Å². The molecule has 0 atom stereocenters. The number of carbonyl (C=O) groups excluding carboxylic acids is 2. The summed E-state index contributed by atoms with van der Waals surface area (Å²) in [7, 11) is 5.81. The van der Waals surface area contributed by atoms with Gasteiger partial charge in [-0.2, -0.15) is 0 Å². The number of benzene rings is 2. The Kier molecular flexibility index (Phi) is 5.26. The third-order valence-corrected chi connectivity index (χ3v) is 4.70. The fraction of sp³-hybridized carbons (Fsp3) is 0.333. The number of anilines is 2. The Morgan fingerprint density at radius 3 is 2.42 bits per heavy atom. The number of hydrogen-bond donors (Lipinski definition) is 0. The van der Waals surface area contributed by atoms with Crippen molar-refractivity contribution in [2.24, 2.45) is 0 Å². The Balaban J connectivity index is 1.71. The fourth-order valence-corrected chi connectivity index (χ4v) is 3.19. The Bertz CT molecular complexity index is 799. The predicted octanol–water partition coefficient (Wildman–Crippen LogP) is 3.15. The standard InChI is InChI=1S/C21H25N3O2/c1-22(2)18-11-9-16(10-12-18)15-23(3)21(26)17-6-4-7-19(14-17)24-13-5-8-20(24)25/h4,6-7,9-12,14H,5,8,13,15H2,1-3H3. The highest BCUT2D eigenvalue weighted by molar-refractivity contribution is 5.99. The summed E-state index contributed by atoms with van der Waals surface area (Å²) in [5.41, 5.74) is 3.62. The molecule has 2 aromatic rings. The van der Waals surface area contributed by atoms with Gasteiger partial charge in [0.2, 0.25) is 5.91 Å². The van der Waals surface area contributed by atoms with Crippen LogP contribution in [0.1, 0.15) is 28.8 Å². The highest BCUT2D eigenvalue weighted by atomic mass is 16.2. The van der Waals surface area contributed by atoms with Gasteiger partial charge in [-0.25, -0.2) is 0 Å². The zero-order valence-corrected chi connectivity index (χ0v) is 15.6. The van der Waals surface area contributed by atoms with Crippen LogP contribution in [0.2, 0.25) is 0 Å². The molecule has 0 radical (unpaired) electrons. The first kappa shape index (κ1) is 18.0. The van der Waals surface area contributed by atoms with Gasteiger partial charge in [0.15, 0.2) is 0 Å². The molecule has 26 heavy (non-hydrogen) atoms. The quantitative estimate of drug-likeness (QED) is 0.831. The highest BCUT2D eigenvalue weighted by Gasteiger charge is 2.22. The van der Waals surface area contributed by atoms with Gasteiger partial charge < -0.3 is 14.7 Å². The molecule has 0 aliphatic carbocycles. The maximum atomic E-state index is 12.8. The minimum absolute atomic E-state index is 0.0461. The van der Waals surface area contributed by atoms with Gasteiger partial charge in [0.05, 0.1) is 0 Å². The van der Waals surface area contributed by atoms with Crippen molar-refractivity contribution in [3.8, 4) is 0 Å². The molecule has 1 heterocycles. The second-order valence-corrected chi connectivity index (χ2v) is 6.92. The Morgan fingerprint density at radius 1 is 1.08 bits per heavy atom. The third kappa shape index (κ3) is 3.87. The molecular formula is C21H25N3O2. The van der Waals surface area contributed by atoms with Crippen molar-refractivity contribution < 1.29 is 9.59 Å². The van der Waals surface area contributed by atoms with E-state index in [-0.39, 0.29) is 11.8 Å². The molecule has 0 unspecified atom stereocenters. The van der Waals surface area contributed by atoms with E-state index in [9.17, 15) is 9.59 Å². The van der Waals surface area contributed by atoms with Crippen molar-refractivity contribution in [2.45, 2.75) is 19.4 Å². The molecular weight excluding hydrogens is 326 g/mol. The van der Waals surface area contributed by atoms with Gasteiger partial charge in [0.25, 0.3) is 5.91 Å². The second kappa shape index (κ2) is 7.60. The van der Waals surface area contributed by atoms with Crippen LogP contribution >= 0.6 is 0 Å². The van der Waals surface area contributed by atoms with Gasteiger partial charge in [-0.05, 0) is 42.3 Å². The van der Waals surface area contributed by atoms with Gasteiger partial charge in [-0.1, -0.05) is 18.2 Å². The maximum Gasteiger partial charge on any atom is 0.253 e. The average Bonchev–Trinajstić information content (AvgIpc) is 3.07. The average molecular weight is 351 g/mol. The first-order chi connectivity index (χ1) is 12.5. The molecule has 0 N–H and O–H groups in total. The summed E-state index contributed by atoms with van der Waals surface area (Å²) in [5.74, 6) is 0.0825. The number of carbonyl (C=O) groups is 2. The van der Waals surface area contributed by atoms with Crippen LogP contribution in [-0.2, 0) is 11.3 Å². The van der Waals surface area contributed by atoms with E-state index in [1.54, 1.807) is 22.9 Å². The SMILES string of the molecule is CN(Cc1ccc(N(C)C)cc1)C(=O)c1cccc(N2CCCC2=O)c1. The second-order valence-electron chi connectivity index (χ2n) is 6.92. The molecule has 0 spiro atoms. The van der Waals surface area contributed by atoms with Gasteiger partial charge in [0.1, 0.15) is 0 Å². The summed E-state index contributed by atoms with van der Waals surface area (Å²) in [6, 6.07) is 15.5. The van der Waals surface area contributed by atoms with Gasteiger partial charge in [-0.15, -0.1) is 0 Å². The molecule has 5 nitrogen and oxygen atoms in total.